The molecular weight excluding hydrogens is 422 g/mol. The van der Waals surface area contributed by atoms with Gasteiger partial charge in [-0.3, -0.25) is 19.7 Å². The first-order chi connectivity index (χ1) is 16.0. The monoisotopic (exact) mass is 455 g/mol. The molecule has 0 aromatic heterocycles. The minimum absolute atomic E-state index is 0.0817. The van der Waals surface area contributed by atoms with Crippen LogP contribution < -0.4 is 15.4 Å². The maximum atomic E-state index is 12.9. The molecular formula is C25H33N3O5. The van der Waals surface area contributed by atoms with E-state index in [9.17, 15) is 14.4 Å². The van der Waals surface area contributed by atoms with E-state index in [0.717, 1.165) is 43.4 Å². The zero-order chi connectivity index (χ0) is 22.9. The first-order valence-electron chi connectivity index (χ1n) is 12.3. The van der Waals surface area contributed by atoms with E-state index in [1.165, 1.54) is 12.8 Å². The van der Waals surface area contributed by atoms with E-state index < -0.39 is 6.04 Å². The summed E-state index contributed by atoms with van der Waals surface area (Å²) in [7, 11) is 1.80. The lowest BCUT2D eigenvalue weighted by Crippen LogP contribution is -2.52. The predicted molar refractivity (Wildman–Crippen MR) is 121 cm³/mol. The van der Waals surface area contributed by atoms with Gasteiger partial charge in [0.05, 0.1) is 6.10 Å². The molecule has 1 unspecified atom stereocenters. The largest absolute Gasteiger partial charge is 0.489 e. The van der Waals surface area contributed by atoms with Gasteiger partial charge in [-0.15, -0.1) is 0 Å². The molecule has 8 nitrogen and oxygen atoms in total. The Morgan fingerprint density at radius 1 is 0.970 bits per heavy atom. The minimum Gasteiger partial charge on any atom is -0.489 e. The zero-order valence-electron chi connectivity index (χ0n) is 19.2. The Labute approximate surface area is 194 Å². The Hall–Kier alpha value is -2.45. The standard InChI is InChI=1S/C25H33N3O5/c1-32-21-8-4-6-18(21)26-19-5-2-3-7-22(19)33-16-9-10-17-15(13-16)14-28(25(17)31)20-11-12-23(29)27-24(20)30/h9-10,13,18-22,26H,2-8,11-12,14H2,1H3,(H,27,29,30)/t18-,19+,20?,21-,22+/m1/s1. The van der Waals surface area contributed by atoms with Crippen LogP contribution in [0.1, 0.15) is 73.7 Å². The van der Waals surface area contributed by atoms with Crippen LogP contribution in [0.2, 0.25) is 0 Å². The Morgan fingerprint density at radius 2 is 1.73 bits per heavy atom. The van der Waals surface area contributed by atoms with Gasteiger partial charge in [-0.05, 0) is 68.7 Å². The lowest BCUT2D eigenvalue weighted by molar-refractivity contribution is -0.136. The summed E-state index contributed by atoms with van der Waals surface area (Å²) in [5.74, 6) is -0.0578. The molecule has 3 amide bonds. The van der Waals surface area contributed by atoms with Crippen molar-refractivity contribution in [3.05, 3.63) is 29.3 Å². The summed E-state index contributed by atoms with van der Waals surface area (Å²) in [5, 5.41) is 6.17. The van der Waals surface area contributed by atoms with Gasteiger partial charge in [0.1, 0.15) is 17.9 Å². The van der Waals surface area contributed by atoms with Crippen LogP contribution in [0.25, 0.3) is 0 Å². The molecule has 3 fully saturated rings. The van der Waals surface area contributed by atoms with Gasteiger partial charge < -0.3 is 19.7 Å². The topological polar surface area (TPSA) is 97.0 Å². The molecule has 5 rings (SSSR count). The summed E-state index contributed by atoms with van der Waals surface area (Å²) in [4.78, 5) is 38.3. The Morgan fingerprint density at radius 3 is 2.55 bits per heavy atom. The molecule has 8 heteroatoms. The summed E-state index contributed by atoms with van der Waals surface area (Å²) < 4.78 is 12.1. The normalized spacial score (nSPS) is 32.1. The summed E-state index contributed by atoms with van der Waals surface area (Å²) in [5.41, 5.74) is 1.48. The number of nitrogens with one attached hydrogen (secondary N) is 2. The third kappa shape index (κ3) is 4.51. The molecule has 0 bridgehead atoms. The van der Waals surface area contributed by atoms with Gasteiger partial charge in [0.15, 0.2) is 0 Å². The summed E-state index contributed by atoms with van der Waals surface area (Å²) in [6, 6.07) is 5.68. The fourth-order valence-electron chi connectivity index (χ4n) is 5.90. The fraction of sp³-hybridized carbons (Fsp3) is 0.640. The molecule has 2 N–H and O–H groups in total. The van der Waals surface area contributed by atoms with Crippen LogP contribution in [-0.2, 0) is 20.9 Å². The van der Waals surface area contributed by atoms with Gasteiger partial charge in [0.25, 0.3) is 5.91 Å². The highest BCUT2D eigenvalue weighted by atomic mass is 16.5. The van der Waals surface area contributed by atoms with E-state index in [4.69, 9.17) is 9.47 Å². The van der Waals surface area contributed by atoms with Crippen LogP contribution in [0.15, 0.2) is 18.2 Å². The second kappa shape index (κ2) is 9.43. The van der Waals surface area contributed by atoms with Crippen molar-refractivity contribution in [3.63, 3.8) is 0 Å². The van der Waals surface area contributed by atoms with E-state index in [1.807, 2.05) is 18.2 Å². The first-order valence-corrected chi connectivity index (χ1v) is 12.3. The van der Waals surface area contributed by atoms with Crippen molar-refractivity contribution >= 4 is 17.7 Å². The lowest BCUT2D eigenvalue weighted by Gasteiger charge is -2.35. The summed E-state index contributed by atoms with van der Waals surface area (Å²) in [6.07, 6.45) is 8.85. The third-order valence-electron chi connectivity index (χ3n) is 7.67. The number of piperidine rings is 1. The van der Waals surface area contributed by atoms with Gasteiger partial charge in [0, 0.05) is 37.7 Å². The summed E-state index contributed by atoms with van der Waals surface area (Å²) in [6.45, 7) is 0.363. The number of hydrogen-bond donors (Lipinski definition) is 2. The number of rotatable bonds is 6. The van der Waals surface area contributed by atoms with Crippen LogP contribution >= 0.6 is 0 Å². The number of nitrogens with zero attached hydrogens (tertiary/aromatic N) is 1. The van der Waals surface area contributed by atoms with Crippen LogP contribution in [0.4, 0.5) is 0 Å². The predicted octanol–water partition coefficient (Wildman–Crippen LogP) is 2.29. The van der Waals surface area contributed by atoms with Gasteiger partial charge in [-0.2, -0.15) is 0 Å². The summed E-state index contributed by atoms with van der Waals surface area (Å²) >= 11 is 0. The SMILES string of the molecule is CO[C@@H]1CCC[C@H]1N[C@H]1CCCC[C@@H]1Oc1ccc2c(c1)CN(C1CCC(=O)NC1=O)C2=O. The Balaban J connectivity index is 1.26. The molecule has 2 saturated carbocycles. The van der Waals surface area contributed by atoms with Crippen molar-refractivity contribution in [2.75, 3.05) is 7.11 Å². The number of imide groups is 1. The molecule has 2 aliphatic heterocycles. The maximum Gasteiger partial charge on any atom is 0.255 e. The van der Waals surface area contributed by atoms with Crippen molar-refractivity contribution in [1.82, 2.24) is 15.5 Å². The van der Waals surface area contributed by atoms with Gasteiger partial charge in [0.2, 0.25) is 11.8 Å². The van der Waals surface area contributed by atoms with Crippen LogP contribution in [0.5, 0.6) is 5.75 Å². The number of carbonyl (C=O) groups is 3. The Bertz CT molecular complexity index is 935. The maximum absolute atomic E-state index is 12.9. The zero-order valence-corrected chi connectivity index (χ0v) is 19.2. The van der Waals surface area contributed by atoms with Gasteiger partial charge in [-0.25, -0.2) is 0 Å². The molecule has 5 atom stereocenters. The second-order valence-electron chi connectivity index (χ2n) is 9.74. The third-order valence-corrected chi connectivity index (χ3v) is 7.67. The lowest BCUT2D eigenvalue weighted by atomic mass is 9.91. The number of ether oxygens (including phenoxy) is 2. The van der Waals surface area contributed by atoms with Crippen molar-refractivity contribution in [2.45, 2.75) is 94.7 Å². The molecule has 0 spiro atoms. The number of hydrogen-bond acceptors (Lipinski definition) is 6. The van der Waals surface area contributed by atoms with E-state index in [1.54, 1.807) is 12.0 Å². The molecule has 33 heavy (non-hydrogen) atoms. The van der Waals surface area contributed by atoms with E-state index in [2.05, 4.69) is 10.6 Å². The highest BCUT2D eigenvalue weighted by Crippen LogP contribution is 2.32. The van der Waals surface area contributed by atoms with Crippen LogP contribution in [-0.4, -0.2) is 60.1 Å². The molecule has 178 valence electrons. The fourth-order valence-corrected chi connectivity index (χ4v) is 5.90. The average Bonchev–Trinajstić information content (AvgIpc) is 3.39. The van der Waals surface area contributed by atoms with Crippen molar-refractivity contribution < 1.29 is 23.9 Å². The van der Waals surface area contributed by atoms with Crippen LogP contribution in [0.3, 0.4) is 0 Å². The highest BCUT2D eigenvalue weighted by Gasteiger charge is 2.39. The van der Waals surface area contributed by atoms with Crippen molar-refractivity contribution in [1.29, 1.82) is 0 Å². The number of amides is 3. The average molecular weight is 456 g/mol. The van der Waals surface area contributed by atoms with Crippen molar-refractivity contribution in [3.8, 4) is 5.75 Å². The van der Waals surface area contributed by atoms with Crippen molar-refractivity contribution in [2.24, 2.45) is 0 Å². The van der Waals surface area contributed by atoms with E-state index >= 15 is 0 Å². The van der Waals surface area contributed by atoms with E-state index in [-0.39, 0.29) is 42.4 Å². The van der Waals surface area contributed by atoms with Crippen LogP contribution in [0, 0.1) is 0 Å². The minimum atomic E-state index is -0.598. The molecule has 1 aromatic carbocycles. The Kier molecular flexibility index (Phi) is 6.38. The number of benzene rings is 1. The molecule has 2 heterocycles. The molecule has 4 aliphatic rings. The quantitative estimate of drug-likeness (QED) is 0.639. The first kappa shape index (κ1) is 22.3. The van der Waals surface area contributed by atoms with Gasteiger partial charge in [-0.1, -0.05) is 6.42 Å². The number of fused-ring (bicyclic) bond motifs is 1. The van der Waals surface area contributed by atoms with Gasteiger partial charge >= 0.3 is 0 Å². The number of carbonyl (C=O) groups excluding carboxylic acids is 3. The molecule has 1 aromatic rings. The number of methoxy groups -OCH3 is 1. The highest BCUT2D eigenvalue weighted by molar-refractivity contribution is 6.05. The molecule has 0 radical (unpaired) electrons. The second-order valence-corrected chi connectivity index (χ2v) is 9.74. The van der Waals surface area contributed by atoms with E-state index in [0.29, 0.717) is 24.6 Å². The molecule has 2 aliphatic carbocycles. The smallest absolute Gasteiger partial charge is 0.255 e. The molecule has 1 saturated heterocycles.